The molecule has 2 N–H and O–H groups in total. The zero-order chi connectivity index (χ0) is 15.6. The minimum atomic E-state index is -0.767. The molecule has 0 unspecified atom stereocenters. The summed E-state index contributed by atoms with van der Waals surface area (Å²) in [4.78, 5) is 16.6. The number of carbonyl (C=O) groups is 1. The van der Waals surface area contributed by atoms with Crippen LogP contribution in [0.25, 0.3) is 10.8 Å². The van der Waals surface area contributed by atoms with Crippen molar-refractivity contribution in [1.82, 2.24) is 10.3 Å². The summed E-state index contributed by atoms with van der Waals surface area (Å²) in [5.41, 5.74) is -0.464. The van der Waals surface area contributed by atoms with Gasteiger partial charge in [0, 0.05) is 11.9 Å². The zero-order valence-electron chi connectivity index (χ0n) is 12.6. The standard InChI is InChI=1S/C17H20N2O3/c1-22-16-13-7-3-2-6-12(13)10-14(19-16)15(20)18-11-17(21)8-4-5-9-17/h2-3,6-7,10,21H,4-5,8-9,11H2,1H3,(H,18,20). The summed E-state index contributed by atoms with van der Waals surface area (Å²) < 4.78 is 5.28. The Morgan fingerprint density at radius 1 is 1.36 bits per heavy atom. The van der Waals surface area contributed by atoms with Gasteiger partial charge in [-0.05, 0) is 30.4 Å². The third kappa shape index (κ3) is 2.90. The summed E-state index contributed by atoms with van der Waals surface area (Å²) in [6, 6.07) is 9.38. The summed E-state index contributed by atoms with van der Waals surface area (Å²) in [7, 11) is 1.54. The van der Waals surface area contributed by atoms with E-state index in [9.17, 15) is 9.90 Å². The normalized spacial score (nSPS) is 16.6. The molecular weight excluding hydrogens is 280 g/mol. The maximum Gasteiger partial charge on any atom is 0.270 e. The van der Waals surface area contributed by atoms with Gasteiger partial charge in [0.15, 0.2) is 0 Å². The zero-order valence-corrected chi connectivity index (χ0v) is 12.6. The van der Waals surface area contributed by atoms with Crippen molar-refractivity contribution in [2.75, 3.05) is 13.7 Å². The van der Waals surface area contributed by atoms with Crippen LogP contribution >= 0.6 is 0 Å². The van der Waals surface area contributed by atoms with E-state index in [-0.39, 0.29) is 12.5 Å². The molecule has 0 saturated heterocycles. The Hall–Kier alpha value is -2.14. The topological polar surface area (TPSA) is 71.5 Å². The summed E-state index contributed by atoms with van der Waals surface area (Å²) in [5.74, 6) is 0.146. The molecule has 0 bridgehead atoms. The molecule has 3 rings (SSSR count). The van der Waals surface area contributed by atoms with E-state index in [1.807, 2.05) is 24.3 Å². The SMILES string of the molecule is COc1nc(C(=O)NCC2(O)CCCC2)cc2ccccc12. The number of hydrogen-bond acceptors (Lipinski definition) is 4. The first kappa shape index (κ1) is 14.8. The summed E-state index contributed by atoms with van der Waals surface area (Å²) >= 11 is 0. The van der Waals surface area contributed by atoms with Gasteiger partial charge in [-0.1, -0.05) is 31.0 Å². The minimum Gasteiger partial charge on any atom is -0.481 e. The van der Waals surface area contributed by atoms with E-state index >= 15 is 0 Å². The van der Waals surface area contributed by atoms with Gasteiger partial charge in [0.05, 0.1) is 12.7 Å². The first-order chi connectivity index (χ1) is 10.6. The number of aromatic nitrogens is 1. The molecule has 5 heteroatoms. The molecule has 1 saturated carbocycles. The van der Waals surface area contributed by atoms with Crippen molar-refractivity contribution in [3.8, 4) is 5.88 Å². The first-order valence-corrected chi connectivity index (χ1v) is 7.56. The Labute approximate surface area is 129 Å². The number of methoxy groups -OCH3 is 1. The first-order valence-electron chi connectivity index (χ1n) is 7.56. The molecule has 22 heavy (non-hydrogen) atoms. The van der Waals surface area contributed by atoms with E-state index in [4.69, 9.17) is 4.74 Å². The fourth-order valence-corrected chi connectivity index (χ4v) is 2.98. The van der Waals surface area contributed by atoms with Gasteiger partial charge in [0.2, 0.25) is 5.88 Å². The molecule has 1 fully saturated rings. The summed E-state index contributed by atoms with van der Waals surface area (Å²) in [5, 5.41) is 14.9. The number of benzene rings is 1. The van der Waals surface area contributed by atoms with E-state index in [1.165, 1.54) is 7.11 Å². The van der Waals surface area contributed by atoms with Crippen LogP contribution in [0.2, 0.25) is 0 Å². The molecule has 0 radical (unpaired) electrons. The molecule has 1 aromatic carbocycles. The number of pyridine rings is 1. The molecule has 2 aromatic rings. The number of nitrogens with zero attached hydrogens (tertiary/aromatic N) is 1. The number of hydrogen-bond donors (Lipinski definition) is 2. The van der Waals surface area contributed by atoms with Gasteiger partial charge in [0.1, 0.15) is 5.69 Å². The molecule has 1 aromatic heterocycles. The minimum absolute atomic E-state index is 0.267. The van der Waals surface area contributed by atoms with Crippen LogP contribution in [0, 0.1) is 0 Å². The molecule has 1 aliphatic rings. The van der Waals surface area contributed by atoms with Crippen LogP contribution in [-0.2, 0) is 0 Å². The fourth-order valence-electron chi connectivity index (χ4n) is 2.98. The third-order valence-electron chi connectivity index (χ3n) is 4.24. The summed E-state index contributed by atoms with van der Waals surface area (Å²) in [6.45, 7) is 0.267. The lowest BCUT2D eigenvalue weighted by Gasteiger charge is -2.22. The van der Waals surface area contributed by atoms with Crippen molar-refractivity contribution in [1.29, 1.82) is 0 Å². The lowest BCUT2D eigenvalue weighted by atomic mass is 10.0. The van der Waals surface area contributed by atoms with Crippen LogP contribution in [0.4, 0.5) is 0 Å². The van der Waals surface area contributed by atoms with E-state index in [2.05, 4.69) is 10.3 Å². The Balaban J connectivity index is 1.81. The molecule has 5 nitrogen and oxygen atoms in total. The lowest BCUT2D eigenvalue weighted by Crippen LogP contribution is -2.41. The second kappa shape index (κ2) is 5.93. The van der Waals surface area contributed by atoms with Crippen LogP contribution in [0.5, 0.6) is 5.88 Å². The Kier molecular flexibility index (Phi) is 3.98. The molecule has 1 heterocycles. The van der Waals surface area contributed by atoms with Crippen LogP contribution < -0.4 is 10.1 Å². The van der Waals surface area contributed by atoms with Crippen LogP contribution in [-0.4, -0.2) is 35.3 Å². The van der Waals surface area contributed by atoms with E-state index in [1.54, 1.807) is 6.07 Å². The number of amides is 1. The third-order valence-corrected chi connectivity index (χ3v) is 4.24. The van der Waals surface area contributed by atoms with Gasteiger partial charge in [-0.25, -0.2) is 4.98 Å². The predicted octanol–water partition coefficient (Wildman–Crippen LogP) is 2.28. The Morgan fingerprint density at radius 2 is 2.09 bits per heavy atom. The molecule has 1 aliphatic carbocycles. The lowest BCUT2D eigenvalue weighted by molar-refractivity contribution is 0.0448. The molecule has 0 aliphatic heterocycles. The predicted molar refractivity (Wildman–Crippen MR) is 84.0 cm³/mol. The molecular formula is C17H20N2O3. The largest absolute Gasteiger partial charge is 0.481 e. The van der Waals surface area contributed by atoms with E-state index < -0.39 is 5.60 Å². The monoisotopic (exact) mass is 300 g/mol. The van der Waals surface area contributed by atoms with Crippen LogP contribution in [0.3, 0.4) is 0 Å². The molecule has 0 spiro atoms. The van der Waals surface area contributed by atoms with E-state index in [0.717, 1.165) is 36.5 Å². The average molecular weight is 300 g/mol. The number of aliphatic hydroxyl groups is 1. The van der Waals surface area contributed by atoms with Gasteiger partial charge in [-0.2, -0.15) is 0 Å². The molecule has 116 valence electrons. The number of nitrogens with one attached hydrogen (secondary N) is 1. The second-order valence-electron chi connectivity index (χ2n) is 5.85. The highest BCUT2D eigenvalue weighted by Crippen LogP contribution is 2.29. The van der Waals surface area contributed by atoms with E-state index in [0.29, 0.717) is 11.6 Å². The number of rotatable bonds is 4. The molecule has 0 atom stereocenters. The summed E-state index contributed by atoms with van der Waals surface area (Å²) in [6.07, 6.45) is 3.49. The van der Waals surface area contributed by atoms with Gasteiger partial charge in [-0.15, -0.1) is 0 Å². The van der Waals surface area contributed by atoms with Crippen molar-refractivity contribution >= 4 is 16.7 Å². The smallest absolute Gasteiger partial charge is 0.270 e. The van der Waals surface area contributed by atoms with Gasteiger partial charge >= 0.3 is 0 Å². The maximum absolute atomic E-state index is 12.3. The average Bonchev–Trinajstić information content (AvgIpc) is 2.98. The van der Waals surface area contributed by atoms with Crippen LogP contribution in [0.1, 0.15) is 36.2 Å². The number of carbonyl (C=O) groups excluding carboxylic acids is 1. The van der Waals surface area contributed by atoms with Crippen molar-refractivity contribution in [2.24, 2.45) is 0 Å². The highest BCUT2D eigenvalue weighted by Gasteiger charge is 2.31. The van der Waals surface area contributed by atoms with Gasteiger partial charge in [-0.3, -0.25) is 4.79 Å². The Morgan fingerprint density at radius 3 is 2.82 bits per heavy atom. The van der Waals surface area contributed by atoms with Gasteiger partial charge < -0.3 is 15.2 Å². The van der Waals surface area contributed by atoms with Crippen molar-refractivity contribution in [3.05, 3.63) is 36.0 Å². The number of fused-ring (bicyclic) bond motifs is 1. The van der Waals surface area contributed by atoms with Crippen LogP contribution in [0.15, 0.2) is 30.3 Å². The highest BCUT2D eigenvalue weighted by atomic mass is 16.5. The molecule has 1 amide bonds. The highest BCUT2D eigenvalue weighted by molar-refractivity contribution is 5.98. The Bertz CT molecular complexity index is 693. The maximum atomic E-state index is 12.3. The fraction of sp³-hybridized carbons (Fsp3) is 0.412. The quantitative estimate of drug-likeness (QED) is 0.908. The van der Waals surface area contributed by atoms with Gasteiger partial charge in [0.25, 0.3) is 5.91 Å². The van der Waals surface area contributed by atoms with Crippen molar-refractivity contribution in [2.45, 2.75) is 31.3 Å². The number of ether oxygens (including phenoxy) is 1. The second-order valence-corrected chi connectivity index (χ2v) is 5.85. The van der Waals surface area contributed by atoms with Crippen molar-refractivity contribution in [3.63, 3.8) is 0 Å². The van der Waals surface area contributed by atoms with Crippen molar-refractivity contribution < 1.29 is 14.6 Å².